The minimum absolute atomic E-state index is 0.00499. The number of likely N-dealkylation sites (tertiary alicyclic amines) is 1. The van der Waals surface area contributed by atoms with Gasteiger partial charge in [0, 0.05) is 56.9 Å². The molecule has 6 heteroatoms. The van der Waals surface area contributed by atoms with Gasteiger partial charge in [-0.3, -0.25) is 19.4 Å². The highest BCUT2D eigenvalue weighted by Crippen LogP contribution is 2.25. The van der Waals surface area contributed by atoms with Crippen LogP contribution in [-0.2, 0) is 4.79 Å². The molecule has 1 aliphatic carbocycles. The lowest BCUT2D eigenvalue weighted by atomic mass is 9.91. The molecule has 3 aliphatic rings. The summed E-state index contributed by atoms with van der Waals surface area (Å²) in [5.41, 5.74) is 0.711. The first-order chi connectivity index (χ1) is 15.7. The third kappa shape index (κ3) is 4.81. The normalized spacial score (nSPS) is 21.4. The van der Waals surface area contributed by atoms with Crippen LogP contribution >= 0.6 is 0 Å². The number of benzene rings is 2. The molecule has 0 aromatic heterocycles. The standard InChI is InChI=1S/C26H34N4O2/c31-25(30-16-14-29(15-17-30)24-6-3-7-24)19-28-12-10-23(11-13-28)27-26(32)22-9-8-20-4-1-2-5-21(20)18-22/h1-2,4-5,8-9,18,23-24H,3,6-7,10-17,19H2,(H,27,32). The third-order valence-corrected chi connectivity index (χ3v) is 7.55. The monoisotopic (exact) mass is 434 g/mol. The quantitative estimate of drug-likeness (QED) is 0.786. The average molecular weight is 435 g/mol. The maximum absolute atomic E-state index is 12.8. The third-order valence-electron chi connectivity index (χ3n) is 7.55. The molecule has 2 aliphatic heterocycles. The van der Waals surface area contributed by atoms with Crippen molar-refractivity contribution in [3.63, 3.8) is 0 Å². The summed E-state index contributed by atoms with van der Waals surface area (Å²) in [5, 5.41) is 5.43. The van der Waals surface area contributed by atoms with E-state index in [1.807, 2.05) is 41.3 Å². The number of hydrogen-bond acceptors (Lipinski definition) is 4. The number of nitrogens with one attached hydrogen (secondary N) is 1. The second kappa shape index (κ2) is 9.59. The zero-order valence-corrected chi connectivity index (χ0v) is 18.8. The van der Waals surface area contributed by atoms with Crippen molar-refractivity contribution in [2.45, 2.75) is 44.2 Å². The summed E-state index contributed by atoms with van der Waals surface area (Å²) in [6.07, 6.45) is 5.81. The van der Waals surface area contributed by atoms with E-state index in [0.29, 0.717) is 12.1 Å². The first-order valence-electron chi connectivity index (χ1n) is 12.2. The SMILES string of the molecule is O=C(NC1CCN(CC(=O)N2CCN(C3CCC3)CC2)CC1)c1ccc2ccccc2c1. The van der Waals surface area contributed by atoms with Crippen LogP contribution < -0.4 is 5.32 Å². The smallest absolute Gasteiger partial charge is 0.251 e. The van der Waals surface area contributed by atoms with Crippen molar-refractivity contribution in [1.82, 2.24) is 20.0 Å². The Bertz CT molecular complexity index is 957. The van der Waals surface area contributed by atoms with E-state index >= 15 is 0 Å². The Morgan fingerprint density at radius 3 is 2.25 bits per heavy atom. The van der Waals surface area contributed by atoms with Gasteiger partial charge < -0.3 is 10.2 Å². The van der Waals surface area contributed by atoms with Gasteiger partial charge >= 0.3 is 0 Å². The van der Waals surface area contributed by atoms with Crippen molar-refractivity contribution in [2.75, 3.05) is 45.8 Å². The van der Waals surface area contributed by atoms with Gasteiger partial charge in [0.1, 0.15) is 0 Å². The summed E-state index contributed by atoms with van der Waals surface area (Å²) in [7, 11) is 0. The highest BCUT2D eigenvalue weighted by molar-refractivity contribution is 5.98. The number of amides is 2. The van der Waals surface area contributed by atoms with Crippen LogP contribution in [0.1, 0.15) is 42.5 Å². The van der Waals surface area contributed by atoms with E-state index < -0.39 is 0 Å². The van der Waals surface area contributed by atoms with Gasteiger partial charge in [0.2, 0.25) is 5.91 Å². The number of piperazine rings is 1. The van der Waals surface area contributed by atoms with E-state index in [2.05, 4.69) is 21.2 Å². The molecule has 2 aromatic rings. The minimum atomic E-state index is -0.00499. The number of fused-ring (bicyclic) bond motifs is 1. The number of rotatable bonds is 5. The number of hydrogen-bond donors (Lipinski definition) is 1. The Morgan fingerprint density at radius 2 is 1.56 bits per heavy atom. The zero-order chi connectivity index (χ0) is 21.9. The lowest BCUT2D eigenvalue weighted by Crippen LogP contribution is -2.55. The van der Waals surface area contributed by atoms with E-state index in [-0.39, 0.29) is 17.9 Å². The summed E-state index contributed by atoms with van der Waals surface area (Å²) in [6, 6.07) is 14.9. The predicted octanol–water partition coefficient (Wildman–Crippen LogP) is 2.73. The number of carbonyl (C=O) groups is 2. The molecule has 5 rings (SSSR count). The van der Waals surface area contributed by atoms with E-state index in [0.717, 1.165) is 68.9 Å². The van der Waals surface area contributed by atoms with Crippen LogP contribution in [0, 0.1) is 0 Å². The first-order valence-corrected chi connectivity index (χ1v) is 12.2. The average Bonchev–Trinajstić information content (AvgIpc) is 2.79. The lowest BCUT2D eigenvalue weighted by molar-refractivity contribution is -0.135. The van der Waals surface area contributed by atoms with Gasteiger partial charge in [-0.25, -0.2) is 0 Å². The fourth-order valence-electron chi connectivity index (χ4n) is 5.21. The van der Waals surface area contributed by atoms with E-state index in [9.17, 15) is 9.59 Å². The van der Waals surface area contributed by atoms with Gasteiger partial charge in [0.25, 0.3) is 5.91 Å². The molecule has 2 amide bonds. The summed E-state index contributed by atoms with van der Waals surface area (Å²) < 4.78 is 0. The molecule has 0 unspecified atom stereocenters. The highest BCUT2D eigenvalue weighted by Gasteiger charge is 2.30. The zero-order valence-electron chi connectivity index (χ0n) is 18.8. The van der Waals surface area contributed by atoms with Crippen LogP contribution in [0.15, 0.2) is 42.5 Å². The summed E-state index contributed by atoms with van der Waals surface area (Å²) in [4.78, 5) is 32.4. The van der Waals surface area contributed by atoms with Crippen molar-refractivity contribution in [3.8, 4) is 0 Å². The van der Waals surface area contributed by atoms with Gasteiger partial charge in [-0.05, 0) is 48.6 Å². The largest absolute Gasteiger partial charge is 0.349 e. The maximum Gasteiger partial charge on any atom is 0.251 e. The molecule has 1 saturated carbocycles. The Kier molecular flexibility index (Phi) is 6.42. The molecule has 2 heterocycles. The Hall–Kier alpha value is -2.44. The molecule has 2 saturated heterocycles. The van der Waals surface area contributed by atoms with Crippen LogP contribution in [0.2, 0.25) is 0 Å². The molecular weight excluding hydrogens is 400 g/mol. The van der Waals surface area contributed by atoms with Crippen LogP contribution in [0.4, 0.5) is 0 Å². The Balaban J connectivity index is 1.06. The summed E-state index contributed by atoms with van der Waals surface area (Å²) in [5.74, 6) is 0.256. The van der Waals surface area contributed by atoms with Crippen molar-refractivity contribution >= 4 is 22.6 Å². The van der Waals surface area contributed by atoms with Crippen molar-refractivity contribution < 1.29 is 9.59 Å². The molecule has 6 nitrogen and oxygen atoms in total. The molecule has 2 aromatic carbocycles. The topological polar surface area (TPSA) is 55.9 Å². The van der Waals surface area contributed by atoms with E-state index in [1.54, 1.807) is 0 Å². The van der Waals surface area contributed by atoms with Gasteiger partial charge in [-0.2, -0.15) is 0 Å². The molecule has 1 N–H and O–H groups in total. The lowest BCUT2D eigenvalue weighted by Gasteiger charge is -2.43. The van der Waals surface area contributed by atoms with Crippen LogP contribution in [0.25, 0.3) is 10.8 Å². The first kappa shape index (κ1) is 21.4. The second-order valence-corrected chi connectivity index (χ2v) is 9.59. The second-order valence-electron chi connectivity index (χ2n) is 9.59. The van der Waals surface area contributed by atoms with Crippen molar-refractivity contribution in [1.29, 1.82) is 0 Å². The highest BCUT2D eigenvalue weighted by atomic mass is 16.2. The van der Waals surface area contributed by atoms with Crippen molar-refractivity contribution in [3.05, 3.63) is 48.0 Å². The number of nitrogens with zero attached hydrogens (tertiary/aromatic N) is 3. The molecular formula is C26H34N4O2. The number of piperidine rings is 1. The molecule has 0 bridgehead atoms. The summed E-state index contributed by atoms with van der Waals surface area (Å²) >= 11 is 0. The molecule has 170 valence electrons. The van der Waals surface area contributed by atoms with Crippen molar-refractivity contribution in [2.24, 2.45) is 0 Å². The fourth-order valence-corrected chi connectivity index (χ4v) is 5.21. The number of carbonyl (C=O) groups excluding carboxylic acids is 2. The fraction of sp³-hybridized carbons (Fsp3) is 0.538. The molecule has 32 heavy (non-hydrogen) atoms. The Labute approximate surface area is 190 Å². The van der Waals surface area contributed by atoms with Gasteiger partial charge in [0.05, 0.1) is 6.54 Å². The molecule has 0 radical (unpaired) electrons. The molecule has 0 spiro atoms. The van der Waals surface area contributed by atoms with Crippen LogP contribution in [0.5, 0.6) is 0 Å². The minimum Gasteiger partial charge on any atom is -0.349 e. The maximum atomic E-state index is 12.8. The summed E-state index contributed by atoms with van der Waals surface area (Å²) in [6.45, 7) is 6.02. The van der Waals surface area contributed by atoms with E-state index in [4.69, 9.17) is 0 Å². The molecule has 3 fully saturated rings. The van der Waals surface area contributed by atoms with Crippen LogP contribution in [0.3, 0.4) is 0 Å². The van der Waals surface area contributed by atoms with Gasteiger partial charge in [-0.15, -0.1) is 0 Å². The van der Waals surface area contributed by atoms with Crippen LogP contribution in [-0.4, -0.2) is 84.4 Å². The Morgan fingerprint density at radius 1 is 0.844 bits per heavy atom. The van der Waals surface area contributed by atoms with Gasteiger partial charge in [-0.1, -0.05) is 36.8 Å². The molecule has 0 atom stereocenters. The predicted molar refractivity (Wildman–Crippen MR) is 127 cm³/mol. The van der Waals surface area contributed by atoms with Gasteiger partial charge in [0.15, 0.2) is 0 Å². The van der Waals surface area contributed by atoms with E-state index in [1.165, 1.54) is 19.3 Å².